The van der Waals surface area contributed by atoms with E-state index < -0.39 is 0 Å². The molecule has 11 atom stereocenters. The van der Waals surface area contributed by atoms with E-state index in [1.165, 1.54) is 7.11 Å². The molecule has 0 radical (unpaired) electrons. The van der Waals surface area contributed by atoms with Crippen LogP contribution >= 0.6 is 0 Å². The lowest BCUT2D eigenvalue weighted by atomic mass is 9.43. The van der Waals surface area contributed by atoms with Gasteiger partial charge in [0.05, 0.1) is 25.4 Å². The van der Waals surface area contributed by atoms with Crippen LogP contribution in [-0.4, -0.2) is 46.7 Å². The summed E-state index contributed by atoms with van der Waals surface area (Å²) >= 11 is 0. The van der Waals surface area contributed by atoms with E-state index in [0.29, 0.717) is 36.0 Å². The minimum Gasteiger partial charge on any atom is -0.469 e. The van der Waals surface area contributed by atoms with Crippen molar-refractivity contribution in [3.8, 4) is 0 Å². The first-order valence-corrected chi connectivity index (χ1v) is 12.2. The molecule has 172 valence electrons. The predicted molar refractivity (Wildman–Crippen MR) is 114 cm³/mol. The lowest BCUT2D eigenvalue weighted by Gasteiger charge is -2.63. The van der Waals surface area contributed by atoms with Gasteiger partial charge in [0.2, 0.25) is 0 Å². The summed E-state index contributed by atoms with van der Waals surface area (Å²) in [4.78, 5) is 11.7. The molecule has 4 rings (SSSR count). The van der Waals surface area contributed by atoms with Crippen molar-refractivity contribution in [3.05, 3.63) is 0 Å². The van der Waals surface area contributed by atoms with Crippen molar-refractivity contribution in [1.82, 2.24) is 0 Å². The first kappa shape index (κ1) is 22.5. The topological polar surface area (TPSA) is 87.0 Å². The second kappa shape index (κ2) is 8.04. The molecule has 0 aromatic rings. The summed E-state index contributed by atoms with van der Waals surface area (Å²) in [5.41, 5.74) is -0.0882. The number of hydrogen-bond donors (Lipinski definition) is 3. The summed E-state index contributed by atoms with van der Waals surface area (Å²) in [5.74, 6) is 1.81. The third-order valence-corrected chi connectivity index (χ3v) is 10.6. The summed E-state index contributed by atoms with van der Waals surface area (Å²) in [6.07, 6.45) is 6.60. The number of aliphatic hydroxyl groups is 3. The normalized spacial score (nSPS) is 51.4. The molecule has 3 N–H and O–H groups in total. The molecule has 4 saturated carbocycles. The number of hydrogen-bond acceptors (Lipinski definition) is 5. The van der Waals surface area contributed by atoms with Crippen LogP contribution in [0.3, 0.4) is 0 Å². The minimum absolute atomic E-state index is 0.111. The van der Waals surface area contributed by atoms with Crippen LogP contribution in [0.5, 0.6) is 0 Å². The number of carbonyl (C=O) groups excluding carboxylic acids is 1. The van der Waals surface area contributed by atoms with E-state index in [4.69, 9.17) is 4.74 Å². The van der Waals surface area contributed by atoms with Gasteiger partial charge in [-0.15, -0.1) is 0 Å². The first-order valence-electron chi connectivity index (χ1n) is 12.2. The zero-order valence-corrected chi connectivity index (χ0v) is 19.2. The van der Waals surface area contributed by atoms with Gasteiger partial charge in [-0.05, 0) is 97.7 Å². The van der Waals surface area contributed by atoms with Gasteiger partial charge in [-0.1, -0.05) is 20.8 Å². The van der Waals surface area contributed by atoms with Gasteiger partial charge in [0.15, 0.2) is 0 Å². The monoisotopic (exact) mass is 422 g/mol. The standard InChI is InChI=1S/C25H42O5/c1-14(5-8-22(29)30-4)17-6-7-18-23-19(13-21(28)25(17,18)3)24(2)10-9-16(26)11-15(24)12-20(23)27/h14-21,23,26-28H,5-13H2,1-4H3/t14?,15?,16-,17?,18?,19?,20-,21+,23?,24?,25?/m0/s1. The average Bonchev–Trinajstić information content (AvgIpc) is 3.06. The SMILES string of the molecule is COC(=O)CCC(C)C1CCC2C3C(C[C@@H](O)C12C)C1(C)CC[C@H](O)CC1C[C@@H]3O. The number of carbonyl (C=O) groups is 1. The van der Waals surface area contributed by atoms with Gasteiger partial charge in [-0.25, -0.2) is 0 Å². The third kappa shape index (κ3) is 3.34. The van der Waals surface area contributed by atoms with E-state index in [2.05, 4.69) is 20.8 Å². The molecule has 0 amide bonds. The van der Waals surface area contributed by atoms with Crippen LogP contribution < -0.4 is 0 Å². The molecule has 4 aliphatic rings. The van der Waals surface area contributed by atoms with Crippen molar-refractivity contribution in [2.24, 2.45) is 46.3 Å². The highest BCUT2D eigenvalue weighted by Crippen LogP contribution is 2.68. The lowest BCUT2D eigenvalue weighted by molar-refractivity contribution is -0.207. The Hall–Kier alpha value is -0.650. The van der Waals surface area contributed by atoms with Gasteiger partial charge in [0.25, 0.3) is 0 Å². The molecule has 30 heavy (non-hydrogen) atoms. The van der Waals surface area contributed by atoms with E-state index in [-0.39, 0.29) is 41.0 Å². The molecule has 0 spiro atoms. The Morgan fingerprint density at radius 2 is 1.80 bits per heavy atom. The van der Waals surface area contributed by atoms with Gasteiger partial charge in [-0.3, -0.25) is 4.79 Å². The highest BCUT2D eigenvalue weighted by Gasteiger charge is 2.65. The largest absolute Gasteiger partial charge is 0.469 e. The maximum Gasteiger partial charge on any atom is 0.305 e. The zero-order valence-electron chi connectivity index (χ0n) is 19.2. The minimum atomic E-state index is -0.369. The molecule has 5 heteroatoms. The smallest absolute Gasteiger partial charge is 0.305 e. The van der Waals surface area contributed by atoms with E-state index in [1.807, 2.05) is 0 Å². The van der Waals surface area contributed by atoms with E-state index in [0.717, 1.165) is 51.4 Å². The second-order valence-electron chi connectivity index (χ2n) is 11.6. The highest BCUT2D eigenvalue weighted by atomic mass is 16.5. The van der Waals surface area contributed by atoms with Crippen molar-refractivity contribution in [3.63, 3.8) is 0 Å². The number of ether oxygens (including phenoxy) is 1. The summed E-state index contributed by atoms with van der Waals surface area (Å²) < 4.78 is 4.83. The van der Waals surface area contributed by atoms with Gasteiger partial charge in [-0.2, -0.15) is 0 Å². The zero-order chi connectivity index (χ0) is 21.8. The average molecular weight is 423 g/mol. The van der Waals surface area contributed by atoms with Crippen LogP contribution in [0.2, 0.25) is 0 Å². The lowest BCUT2D eigenvalue weighted by Crippen LogP contribution is -2.62. The second-order valence-corrected chi connectivity index (χ2v) is 11.6. The van der Waals surface area contributed by atoms with Crippen molar-refractivity contribution in [1.29, 1.82) is 0 Å². The molecule has 0 bridgehead atoms. The van der Waals surface area contributed by atoms with Crippen molar-refractivity contribution >= 4 is 5.97 Å². The van der Waals surface area contributed by atoms with Crippen LogP contribution in [0.25, 0.3) is 0 Å². The molecule has 4 fully saturated rings. The molecule has 0 aromatic carbocycles. The van der Waals surface area contributed by atoms with E-state index in [9.17, 15) is 20.1 Å². The molecule has 0 heterocycles. The molecule has 8 unspecified atom stereocenters. The third-order valence-electron chi connectivity index (χ3n) is 10.6. The molecule has 0 saturated heterocycles. The molecule has 0 aromatic heterocycles. The molecule has 4 aliphatic carbocycles. The summed E-state index contributed by atoms with van der Waals surface area (Å²) in [7, 11) is 1.44. The fourth-order valence-corrected chi connectivity index (χ4v) is 8.78. The van der Waals surface area contributed by atoms with Gasteiger partial charge in [0, 0.05) is 6.42 Å². The molecular formula is C25H42O5. The Balaban J connectivity index is 1.58. The van der Waals surface area contributed by atoms with Crippen molar-refractivity contribution < 1.29 is 24.9 Å². The van der Waals surface area contributed by atoms with E-state index in [1.54, 1.807) is 0 Å². The quantitative estimate of drug-likeness (QED) is 0.603. The van der Waals surface area contributed by atoms with Crippen molar-refractivity contribution in [2.45, 2.75) is 96.9 Å². The maximum absolute atomic E-state index is 11.7. The number of methoxy groups -OCH3 is 1. The van der Waals surface area contributed by atoms with Gasteiger partial charge >= 0.3 is 5.97 Å². The Bertz CT molecular complexity index is 651. The first-order chi connectivity index (χ1) is 14.1. The number of esters is 1. The molecular weight excluding hydrogens is 380 g/mol. The Kier molecular flexibility index (Phi) is 6.04. The Morgan fingerprint density at radius 3 is 2.50 bits per heavy atom. The Labute approximate surface area is 181 Å². The predicted octanol–water partition coefficient (Wildman–Crippen LogP) is 3.54. The van der Waals surface area contributed by atoms with Crippen molar-refractivity contribution in [2.75, 3.05) is 7.11 Å². The summed E-state index contributed by atoms with van der Waals surface area (Å²) in [5, 5.41) is 33.1. The van der Waals surface area contributed by atoms with Crippen LogP contribution in [-0.2, 0) is 9.53 Å². The van der Waals surface area contributed by atoms with Gasteiger partial charge in [0.1, 0.15) is 0 Å². The fourth-order valence-electron chi connectivity index (χ4n) is 8.78. The number of aliphatic hydroxyl groups excluding tert-OH is 3. The van der Waals surface area contributed by atoms with Crippen LogP contribution in [0.4, 0.5) is 0 Å². The fraction of sp³-hybridized carbons (Fsp3) is 0.960. The molecule has 5 nitrogen and oxygen atoms in total. The Morgan fingerprint density at radius 1 is 1.07 bits per heavy atom. The van der Waals surface area contributed by atoms with E-state index >= 15 is 0 Å². The van der Waals surface area contributed by atoms with Crippen LogP contribution in [0, 0.1) is 46.3 Å². The summed E-state index contributed by atoms with van der Waals surface area (Å²) in [6, 6.07) is 0. The van der Waals surface area contributed by atoms with Crippen LogP contribution in [0.1, 0.15) is 78.6 Å². The van der Waals surface area contributed by atoms with Gasteiger partial charge < -0.3 is 20.1 Å². The van der Waals surface area contributed by atoms with Crippen LogP contribution in [0.15, 0.2) is 0 Å². The summed E-state index contributed by atoms with van der Waals surface area (Å²) in [6.45, 7) is 6.85. The highest BCUT2D eigenvalue weighted by molar-refractivity contribution is 5.69. The molecule has 0 aliphatic heterocycles. The number of rotatable bonds is 4. The maximum atomic E-state index is 11.7. The number of fused-ring (bicyclic) bond motifs is 5.